The van der Waals surface area contributed by atoms with Crippen LogP contribution in [0.1, 0.15) is 37.9 Å². The average molecular weight is 238 g/mol. The van der Waals surface area contributed by atoms with Gasteiger partial charge in [0.05, 0.1) is 0 Å². The zero-order valence-electron chi connectivity index (χ0n) is 10.0. The SMILES string of the molecule is CCCNC(=O)N1CCCC(c2nn[nH]n2)C1. The van der Waals surface area contributed by atoms with Crippen molar-refractivity contribution >= 4 is 6.03 Å². The van der Waals surface area contributed by atoms with Gasteiger partial charge in [-0.05, 0) is 19.3 Å². The van der Waals surface area contributed by atoms with Gasteiger partial charge in [-0.25, -0.2) is 4.79 Å². The lowest BCUT2D eigenvalue weighted by atomic mass is 9.98. The van der Waals surface area contributed by atoms with Crippen LogP contribution in [0.25, 0.3) is 0 Å². The summed E-state index contributed by atoms with van der Waals surface area (Å²) in [7, 11) is 0. The Morgan fingerprint density at radius 1 is 1.65 bits per heavy atom. The molecule has 1 aromatic heterocycles. The van der Waals surface area contributed by atoms with Crippen molar-refractivity contribution in [3.8, 4) is 0 Å². The Morgan fingerprint density at radius 2 is 2.53 bits per heavy atom. The number of aromatic nitrogens is 4. The van der Waals surface area contributed by atoms with E-state index in [1.807, 2.05) is 11.8 Å². The van der Waals surface area contributed by atoms with E-state index in [1.54, 1.807) is 0 Å². The number of likely N-dealkylation sites (tertiary alicyclic amines) is 1. The molecule has 1 aromatic rings. The molecule has 1 atom stereocenters. The third-order valence-electron chi connectivity index (χ3n) is 2.96. The Kier molecular flexibility index (Phi) is 3.89. The molecule has 2 amide bonds. The molecule has 1 fully saturated rings. The molecule has 1 saturated heterocycles. The largest absolute Gasteiger partial charge is 0.338 e. The number of H-pyrrole nitrogens is 1. The Morgan fingerprint density at radius 3 is 3.24 bits per heavy atom. The van der Waals surface area contributed by atoms with E-state index in [0.29, 0.717) is 12.4 Å². The molecule has 1 aliphatic rings. The topological polar surface area (TPSA) is 86.8 Å². The minimum atomic E-state index is 0.0139. The van der Waals surface area contributed by atoms with Crippen molar-refractivity contribution in [1.82, 2.24) is 30.8 Å². The van der Waals surface area contributed by atoms with Crippen molar-refractivity contribution in [2.75, 3.05) is 19.6 Å². The molecule has 2 heterocycles. The summed E-state index contributed by atoms with van der Waals surface area (Å²) in [6.45, 7) is 4.25. The standard InChI is InChI=1S/C10H18N6O/c1-2-5-11-10(17)16-6-3-4-8(7-16)9-12-14-15-13-9/h8H,2-7H2,1H3,(H,11,17)(H,12,13,14,15). The number of urea groups is 1. The number of nitrogens with zero attached hydrogens (tertiary/aromatic N) is 4. The van der Waals surface area contributed by atoms with Crippen LogP contribution in [-0.4, -0.2) is 51.2 Å². The van der Waals surface area contributed by atoms with E-state index in [4.69, 9.17) is 0 Å². The number of hydrogen-bond donors (Lipinski definition) is 2. The minimum Gasteiger partial charge on any atom is -0.338 e. The van der Waals surface area contributed by atoms with Gasteiger partial charge in [0.15, 0.2) is 5.82 Å². The number of nitrogens with one attached hydrogen (secondary N) is 2. The van der Waals surface area contributed by atoms with E-state index in [-0.39, 0.29) is 11.9 Å². The maximum Gasteiger partial charge on any atom is 0.317 e. The molecule has 94 valence electrons. The lowest BCUT2D eigenvalue weighted by Gasteiger charge is -2.31. The third kappa shape index (κ3) is 2.92. The highest BCUT2D eigenvalue weighted by Gasteiger charge is 2.26. The van der Waals surface area contributed by atoms with Gasteiger partial charge < -0.3 is 10.2 Å². The average Bonchev–Trinajstić information content (AvgIpc) is 2.90. The van der Waals surface area contributed by atoms with E-state index in [9.17, 15) is 4.79 Å². The van der Waals surface area contributed by atoms with Gasteiger partial charge in [0.1, 0.15) is 0 Å². The van der Waals surface area contributed by atoms with Gasteiger partial charge in [-0.3, -0.25) is 0 Å². The van der Waals surface area contributed by atoms with Crippen molar-refractivity contribution < 1.29 is 4.79 Å². The fourth-order valence-electron chi connectivity index (χ4n) is 2.06. The van der Waals surface area contributed by atoms with Crippen molar-refractivity contribution in [1.29, 1.82) is 0 Å². The van der Waals surface area contributed by atoms with Crippen molar-refractivity contribution in [3.05, 3.63) is 5.82 Å². The molecule has 0 aliphatic carbocycles. The van der Waals surface area contributed by atoms with E-state index in [0.717, 1.165) is 32.4 Å². The van der Waals surface area contributed by atoms with E-state index >= 15 is 0 Å². The second-order valence-corrected chi connectivity index (χ2v) is 4.29. The van der Waals surface area contributed by atoms with Crippen LogP contribution in [-0.2, 0) is 0 Å². The molecule has 0 spiro atoms. The summed E-state index contributed by atoms with van der Waals surface area (Å²) < 4.78 is 0. The van der Waals surface area contributed by atoms with Crippen LogP contribution in [0.2, 0.25) is 0 Å². The highest BCUT2D eigenvalue weighted by atomic mass is 16.2. The molecule has 1 unspecified atom stereocenters. The predicted molar refractivity (Wildman–Crippen MR) is 61.4 cm³/mol. The number of rotatable bonds is 3. The number of hydrogen-bond acceptors (Lipinski definition) is 4. The molecule has 2 N–H and O–H groups in total. The third-order valence-corrected chi connectivity index (χ3v) is 2.96. The fraction of sp³-hybridized carbons (Fsp3) is 0.800. The lowest BCUT2D eigenvalue weighted by Crippen LogP contribution is -2.45. The second-order valence-electron chi connectivity index (χ2n) is 4.29. The molecule has 0 radical (unpaired) electrons. The number of carbonyl (C=O) groups excluding carboxylic acids is 1. The number of aromatic amines is 1. The Labute approximate surface area is 100.0 Å². The fourth-order valence-corrected chi connectivity index (χ4v) is 2.06. The molecule has 7 nitrogen and oxygen atoms in total. The van der Waals surface area contributed by atoms with Gasteiger partial charge in [-0.15, -0.1) is 10.2 Å². The maximum atomic E-state index is 11.8. The number of piperidine rings is 1. The number of carbonyl (C=O) groups is 1. The van der Waals surface area contributed by atoms with Crippen molar-refractivity contribution in [2.45, 2.75) is 32.1 Å². The number of tetrazole rings is 1. The maximum absolute atomic E-state index is 11.8. The Balaban J connectivity index is 1.90. The summed E-state index contributed by atoms with van der Waals surface area (Å²) in [5.41, 5.74) is 0. The van der Waals surface area contributed by atoms with Gasteiger partial charge in [0, 0.05) is 25.6 Å². The predicted octanol–water partition coefficient (Wildman–Crippen LogP) is 0.499. The van der Waals surface area contributed by atoms with Crippen LogP contribution in [0.4, 0.5) is 4.79 Å². The van der Waals surface area contributed by atoms with Crippen molar-refractivity contribution in [3.63, 3.8) is 0 Å². The Hall–Kier alpha value is -1.66. The molecule has 1 aliphatic heterocycles. The first-order chi connectivity index (χ1) is 8.31. The first-order valence-corrected chi connectivity index (χ1v) is 6.07. The Bertz CT molecular complexity index is 352. The molecule has 0 bridgehead atoms. The normalized spacial score (nSPS) is 20.3. The van der Waals surface area contributed by atoms with Crippen LogP contribution in [0.15, 0.2) is 0 Å². The van der Waals surface area contributed by atoms with Gasteiger partial charge in [-0.2, -0.15) is 5.21 Å². The summed E-state index contributed by atoms with van der Waals surface area (Å²) in [4.78, 5) is 13.7. The van der Waals surface area contributed by atoms with Crippen LogP contribution >= 0.6 is 0 Å². The van der Waals surface area contributed by atoms with Crippen LogP contribution in [0.5, 0.6) is 0 Å². The van der Waals surface area contributed by atoms with Crippen LogP contribution in [0, 0.1) is 0 Å². The zero-order valence-corrected chi connectivity index (χ0v) is 10.0. The molecule has 2 rings (SSSR count). The molecular weight excluding hydrogens is 220 g/mol. The molecule has 0 saturated carbocycles. The quantitative estimate of drug-likeness (QED) is 0.802. The monoisotopic (exact) mass is 238 g/mol. The molecule has 17 heavy (non-hydrogen) atoms. The summed E-state index contributed by atoms with van der Waals surface area (Å²) in [5.74, 6) is 0.910. The van der Waals surface area contributed by atoms with E-state index < -0.39 is 0 Å². The second kappa shape index (κ2) is 5.60. The van der Waals surface area contributed by atoms with Crippen LogP contribution < -0.4 is 5.32 Å². The summed E-state index contributed by atoms with van der Waals surface area (Å²) >= 11 is 0. The highest BCUT2D eigenvalue weighted by Crippen LogP contribution is 2.23. The first kappa shape index (κ1) is 11.8. The van der Waals surface area contributed by atoms with Gasteiger partial charge in [0.2, 0.25) is 0 Å². The van der Waals surface area contributed by atoms with Crippen LogP contribution in [0.3, 0.4) is 0 Å². The molecule has 0 aromatic carbocycles. The van der Waals surface area contributed by atoms with Crippen molar-refractivity contribution in [2.24, 2.45) is 0 Å². The summed E-state index contributed by atoms with van der Waals surface area (Å²) in [6.07, 6.45) is 2.95. The van der Waals surface area contributed by atoms with E-state index in [1.165, 1.54) is 0 Å². The van der Waals surface area contributed by atoms with Gasteiger partial charge >= 0.3 is 6.03 Å². The molecular formula is C10H18N6O. The first-order valence-electron chi connectivity index (χ1n) is 6.07. The zero-order chi connectivity index (χ0) is 12.1. The minimum absolute atomic E-state index is 0.0139. The van der Waals surface area contributed by atoms with Gasteiger partial charge in [0.25, 0.3) is 0 Å². The lowest BCUT2D eigenvalue weighted by molar-refractivity contribution is 0.178. The van der Waals surface area contributed by atoms with Gasteiger partial charge in [-0.1, -0.05) is 12.1 Å². The summed E-state index contributed by atoms with van der Waals surface area (Å²) in [5, 5.41) is 16.9. The smallest absolute Gasteiger partial charge is 0.317 e. The molecule has 7 heteroatoms. The van der Waals surface area contributed by atoms with E-state index in [2.05, 4.69) is 25.9 Å². The highest BCUT2D eigenvalue weighted by molar-refractivity contribution is 5.74. The number of amides is 2. The summed E-state index contributed by atoms with van der Waals surface area (Å²) in [6, 6.07) is 0.0139.